The standard InChI is InChI=1S/C6H6BCl2NO3/c8-3-1-4(9)6(2-5(3)10)13-7(11)12/h1-2,11-12H,10H2. The van der Waals surface area contributed by atoms with Crippen LogP contribution in [0.15, 0.2) is 12.1 Å². The minimum atomic E-state index is -1.93. The van der Waals surface area contributed by atoms with Gasteiger partial charge in [-0.15, -0.1) is 0 Å². The molecular weight excluding hydrogens is 216 g/mol. The number of hydrogen-bond acceptors (Lipinski definition) is 4. The molecule has 0 aliphatic carbocycles. The maximum Gasteiger partial charge on any atom is 0.707 e. The molecule has 1 aromatic carbocycles. The van der Waals surface area contributed by atoms with E-state index < -0.39 is 7.32 Å². The van der Waals surface area contributed by atoms with E-state index in [9.17, 15) is 0 Å². The Morgan fingerprint density at radius 3 is 2.38 bits per heavy atom. The first kappa shape index (κ1) is 10.5. The van der Waals surface area contributed by atoms with Gasteiger partial charge >= 0.3 is 7.32 Å². The highest BCUT2D eigenvalue weighted by Crippen LogP contribution is 2.32. The molecule has 0 spiro atoms. The Morgan fingerprint density at radius 1 is 1.23 bits per heavy atom. The van der Waals surface area contributed by atoms with Crippen LogP contribution in [-0.4, -0.2) is 17.4 Å². The highest BCUT2D eigenvalue weighted by atomic mass is 35.5. The summed E-state index contributed by atoms with van der Waals surface area (Å²) in [4.78, 5) is 0. The van der Waals surface area contributed by atoms with Gasteiger partial charge < -0.3 is 20.4 Å². The molecule has 0 aromatic heterocycles. The largest absolute Gasteiger partial charge is 0.707 e. The van der Waals surface area contributed by atoms with Crippen LogP contribution >= 0.6 is 23.2 Å². The van der Waals surface area contributed by atoms with Crippen LogP contribution in [-0.2, 0) is 0 Å². The van der Waals surface area contributed by atoms with Crippen molar-refractivity contribution in [3.8, 4) is 5.75 Å². The molecular formula is C6H6BCl2NO3. The van der Waals surface area contributed by atoms with E-state index in [1.807, 2.05) is 0 Å². The van der Waals surface area contributed by atoms with Crippen molar-refractivity contribution >= 4 is 36.2 Å². The Labute approximate surface area is 85.0 Å². The smallest absolute Gasteiger partial charge is 0.511 e. The van der Waals surface area contributed by atoms with Gasteiger partial charge in [0.25, 0.3) is 0 Å². The number of nitrogens with two attached hydrogens (primary N) is 1. The summed E-state index contributed by atoms with van der Waals surface area (Å²) in [5.74, 6) is 0.0681. The summed E-state index contributed by atoms with van der Waals surface area (Å²) in [6.45, 7) is 0. The van der Waals surface area contributed by atoms with E-state index >= 15 is 0 Å². The predicted octanol–water partition coefficient (Wildman–Crippen LogP) is 0.924. The second kappa shape index (κ2) is 4.06. The lowest BCUT2D eigenvalue weighted by atomic mass is 10.2. The van der Waals surface area contributed by atoms with Gasteiger partial charge in [0.15, 0.2) is 0 Å². The zero-order valence-electron chi connectivity index (χ0n) is 6.37. The third-order valence-corrected chi connectivity index (χ3v) is 1.91. The zero-order chi connectivity index (χ0) is 10.0. The van der Waals surface area contributed by atoms with Crippen molar-refractivity contribution in [2.24, 2.45) is 0 Å². The fourth-order valence-electron chi connectivity index (χ4n) is 0.749. The van der Waals surface area contributed by atoms with Crippen molar-refractivity contribution in [2.75, 3.05) is 5.73 Å². The van der Waals surface area contributed by atoms with Gasteiger partial charge in [0.2, 0.25) is 0 Å². The Balaban J connectivity index is 3.01. The quantitative estimate of drug-likeness (QED) is 0.513. The molecule has 1 rings (SSSR count). The van der Waals surface area contributed by atoms with Crippen LogP contribution in [0, 0.1) is 0 Å². The molecule has 4 nitrogen and oxygen atoms in total. The van der Waals surface area contributed by atoms with Crippen molar-refractivity contribution in [1.29, 1.82) is 0 Å². The van der Waals surface area contributed by atoms with Gasteiger partial charge in [-0.2, -0.15) is 0 Å². The van der Waals surface area contributed by atoms with E-state index in [1.54, 1.807) is 0 Å². The van der Waals surface area contributed by atoms with Gasteiger partial charge in [-0.25, -0.2) is 0 Å². The first-order chi connectivity index (χ1) is 6.00. The average molecular weight is 222 g/mol. The lowest BCUT2D eigenvalue weighted by Gasteiger charge is -2.08. The van der Waals surface area contributed by atoms with Crippen LogP contribution in [0.1, 0.15) is 0 Å². The minimum absolute atomic E-state index is 0.0681. The third kappa shape index (κ3) is 2.67. The highest BCUT2D eigenvalue weighted by molar-refractivity contribution is 6.38. The van der Waals surface area contributed by atoms with E-state index in [-0.39, 0.29) is 21.5 Å². The molecule has 0 bridgehead atoms. The van der Waals surface area contributed by atoms with Crippen LogP contribution in [0.2, 0.25) is 10.0 Å². The van der Waals surface area contributed by atoms with Gasteiger partial charge in [0.05, 0.1) is 15.7 Å². The number of nitrogen functional groups attached to an aromatic ring is 1. The molecule has 4 N–H and O–H groups in total. The molecule has 0 aliphatic rings. The maximum atomic E-state index is 8.49. The summed E-state index contributed by atoms with van der Waals surface area (Å²) < 4.78 is 4.52. The monoisotopic (exact) mass is 221 g/mol. The van der Waals surface area contributed by atoms with E-state index in [0.29, 0.717) is 0 Å². The lowest BCUT2D eigenvalue weighted by Crippen LogP contribution is -2.20. The number of hydrogen-bond donors (Lipinski definition) is 3. The fourth-order valence-corrected chi connectivity index (χ4v) is 1.18. The second-order valence-corrected chi connectivity index (χ2v) is 3.06. The van der Waals surface area contributed by atoms with Crippen molar-refractivity contribution in [3.05, 3.63) is 22.2 Å². The van der Waals surface area contributed by atoms with Gasteiger partial charge in [-0.05, 0) is 6.07 Å². The van der Waals surface area contributed by atoms with E-state index in [0.717, 1.165) is 0 Å². The highest BCUT2D eigenvalue weighted by Gasteiger charge is 2.14. The molecule has 0 heterocycles. The molecule has 0 amide bonds. The van der Waals surface area contributed by atoms with Crippen molar-refractivity contribution in [3.63, 3.8) is 0 Å². The third-order valence-electron chi connectivity index (χ3n) is 1.28. The average Bonchev–Trinajstić information content (AvgIpc) is 1.99. The van der Waals surface area contributed by atoms with Crippen LogP contribution in [0.4, 0.5) is 5.69 Å². The van der Waals surface area contributed by atoms with E-state index in [1.165, 1.54) is 12.1 Å². The maximum absolute atomic E-state index is 8.49. The summed E-state index contributed by atoms with van der Waals surface area (Å²) in [6, 6.07) is 2.67. The topological polar surface area (TPSA) is 75.7 Å². The first-order valence-corrected chi connectivity index (χ1v) is 4.03. The van der Waals surface area contributed by atoms with E-state index in [4.69, 9.17) is 39.0 Å². The van der Waals surface area contributed by atoms with Crippen molar-refractivity contribution in [2.45, 2.75) is 0 Å². The van der Waals surface area contributed by atoms with Crippen LogP contribution < -0.4 is 10.4 Å². The summed E-state index contributed by atoms with van der Waals surface area (Å²) in [5, 5.41) is 17.4. The molecule has 0 saturated heterocycles. The van der Waals surface area contributed by atoms with Gasteiger partial charge in [0.1, 0.15) is 5.75 Å². The van der Waals surface area contributed by atoms with Gasteiger partial charge in [0, 0.05) is 6.07 Å². The van der Waals surface area contributed by atoms with E-state index in [2.05, 4.69) is 4.65 Å². The summed E-state index contributed by atoms with van der Waals surface area (Å²) >= 11 is 11.3. The molecule has 13 heavy (non-hydrogen) atoms. The summed E-state index contributed by atoms with van der Waals surface area (Å²) in [5.41, 5.74) is 5.68. The molecule has 0 saturated carbocycles. The summed E-state index contributed by atoms with van der Waals surface area (Å²) in [7, 11) is -1.93. The molecule has 0 atom stereocenters. The SMILES string of the molecule is Nc1cc(OB(O)O)c(Cl)cc1Cl. The minimum Gasteiger partial charge on any atom is -0.511 e. The van der Waals surface area contributed by atoms with Crippen molar-refractivity contribution < 1.29 is 14.7 Å². The second-order valence-electron chi connectivity index (χ2n) is 2.25. The lowest BCUT2D eigenvalue weighted by molar-refractivity contribution is 0.288. The number of rotatable bonds is 2. The zero-order valence-corrected chi connectivity index (χ0v) is 7.88. The molecule has 0 radical (unpaired) electrons. The summed E-state index contributed by atoms with van der Waals surface area (Å²) in [6.07, 6.45) is 0. The fraction of sp³-hybridized carbons (Fsp3) is 0. The number of benzene rings is 1. The first-order valence-electron chi connectivity index (χ1n) is 3.28. The normalized spacial score (nSPS) is 9.85. The Bertz CT molecular complexity index is 321. The Morgan fingerprint density at radius 2 is 1.85 bits per heavy atom. The Kier molecular flexibility index (Phi) is 3.27. The predicted molar refractivity (Wildman–Crippen MR) is 51.7 cm³/mol. The van der Waals surface area contributed by atoms with Gasteiger partial charge in [-0.1, -0.05) is 23.2 Å². The van der Waals surface area contributed by atoms with Crippen LogP contribution in [0.3, 0.4) is 0 Å². The van der Waals surface area contributed by atoms with Crippen LogP contribution in [0.25, 0.3) is 0 Å². The van der Waals surface area contributed by atoms with Crippen LogP contribution in [0.5, 0.6) is 5.75 Å². The molecule has 1 aromatic rings. The molecule has 7 heteroatoms. The molecule has 0 unspecified atom stereocenters. The Hall–Kier alpha value is -0.615. The number of halogens is 2. The molecule has 0 fully saturated rings. The van der Waals surface area contributed by atoms with Gasteiger partial charge in [-0.3, -0.25) is 0 Å². The molecule has 70 valence electrons. The van der Waals surface area contributed by atoms with Crippen molar-refractivity contribution in [1.82, 2.24) is 0 Å². The molecule has 0 aliphatic heterocycles. The number of anilines is 1.